The van der Waals surface area contributed by atoms with E-state index < -0.39 is 0 Å². The number of rotatable bonds is 4. The SMILES string of the molecule is Nc1nc(Nc2ccc3c(c2)CC[C@H](N2CC[C@H]4C[C@H]42)CC3)nn1-c1cc2c(nn1)-c1ccccc1CCC2. The van der Waals surface area contributed by atoms with E-state index in [-0.39, 0.29) is 0 Å². The summed E-state index contributed by atoms with van der Waals surface area (Å²) in [6.45, 7) is 1.31. The van der Waals surface area contributed by atoms with Gasteiger partial charge in [-0.15, -0.1) is 15.3 Å². The van der Waals surface area contributed by atoms with Crippen LogP contribution in [0.4, 0.5) is 17.6 Å². The smallest absolute Gasteiger partial charge is 0.248 e. The standard InChI is InChI=1S/C31H34N8/c32-30-34-31(37-39(30)28-18-23-6-3-5-20-4-1-2-7-26(20)29(23)36-35-28)33-24-11-8-19-9-12-25(13-10-21(19)16-24)38-15-14-22-17-27(22)38/h1-2,4,7-8,11,16,18,22,25,27H,3,5-6,9-10,12-15,17H2,(H3,32,33,34,37)/t22-,25+,27+/m0/s1. The summed E-state index contributed by atoms with van der Waals surface area (Å²) in [6.07, 6.45) is 10.7. The largest absolute Gasteiger partial charge is 0.368 e. The number of nitrogens with two attached hydrogens (primary N) is 1. The van der Waals surface area contributed by atoms with Crippen molar-refractivity contribution in [1.29, 1.82) is 0 Å². The number of piperidine rings is 1. The van der Waals surface area contributed by atoms with Crippen molar-refractivity contribution in [3.63, 3.8) is 0 Å². The molecule has 2 aromatic carbocycles. The Labute approximate surface area is 228 Å². The van der Waals surface area contributed by atoms with Gasteiger partial charge in [0.1, 0.15) is 0 Å². The number of anilines is 3. The summed E-state index contributed by atoms with van der Waals surface area (Å²) < 4.78 is 1.58. The minimum absolute atomic E-state index is 0.294. The van der Waals surface area contributed by atoms with Gasteiger partial charge in [0.05, 0.1) is 5.69 Å². The molecule has 3 aliphatic carbocycles. The predicted octanol–water partition coefficient (Wildman–Crippen LogP) is 4.88. The van der Waals surface area contributed by atoms with E-state index in [1.165, 1.54) is 60.0 Å². The number of nitrogens with one attached hydrogen (secondary N) is 1. The lowest BCUT2D eigenvalue weighted by molar-refractivity contribution is 0.195. The van der Waals surface area contributed by atoms with Crippen LogP contribution in [0.1, 0.15) is 54.4 Å². The van der Waals surface area contributed by atoms with Crippen LogP contribution in [0.15, 0.2) is 48.5 Å². The van der Waals surface area contributed by atoms with Gasteiger partial charge in [0.15, 0.2) is 5.82 Å². The highest BCUT2D eigenvalue weighted by atomic mass is 15.4. The fraction of sp³-hybridized carbons (Fsp3) is 0.419. The number of hydrogen-bond donors (Lipinski definition) is 2. The second kappa shape index (κ2) is 9.16. The summed E-state index contributed by atoms with van der Waals surface area (Å²) in [5.41, 5.74) is 14.9. The molecule has 2 aromatic heterocycles. The highest BCUT2D eigenvalue weighted by Gasteiger charge is 2.48. The molecule has 8 nitrogen and oxygen atoms in total. The van der Waals surface area contributed by atoms with Gasteiger partial charge in [-0.1, -0.05) is 30.3 Å². The molecule has 198 valence electrons. The zero-order chi connectivity index (χ0) is 25.9. The van der Waals surface area contributed by atoms with Crippen molar-refractivity contribution in [2.45, 2.75) is 69.9 Å². The molecule has 8 rings (SSSR count). The number of aromatic nitrogens is 5. The quantitative estimate of drug-likeness (QED) is 0.372. The van der Waals surface area contributed by atoms with E-state index in [0.29, 0.717) is 17.7 Å². The molecule has 0 amide bonds. The van der Waals surface area contributed by atoms with Crippen molar-refractivity contribution in [3.8, 4) is 17.1 Å². The third kappa shape index (κ3) is 4.18. The third-order valence-corrected chi connectivity index (χ3v) is 9.37. The van der Waals surface area contributed by atoms with Crippen molar-refractivity contribution in [1.82, 2.24) is 29.9 Å². The molecule has 4 aromatic rings. The highest BCUT2D eigenvalue weighted by molar-refractivity contribution is 5.68. The van der Waals surface area contributed by atoms with Gasteiger partial charge in [-0.3, -0.25) is 4.90 Å². The molecule has 39 heavy (non-hydrogen) atoms. The third-order valence-electron chi connectivity index (χ3n) is 9.37. The lowest BCUT2D eigenvalue weighted by Gasteiger charge is -2.28. The molecule has 3 heterocycles. The molecule has 4 aliphatic rings. The van der Waals surface area contributed by atoms with Crippen molar-refractivity contribution < 1.29 is 0 Å². The van der Waals surface area contributed by atoms with Crippen molar-refractivity contribution in [2.75, 3.05) is 17.6 Å². The average molecular weight is 519 g/mol. The fourth-order valence-corrected chi connectivity index (χ4v) is 7.24. The van der Waals surface area contributed by atoms with Gasteiger partial charge < -0.3 is 11.1 Å². The van der Waals surface area contributed by atoms with Gasteiger partial charge in [-0.05, 0) is 111 Å². The van der Waals surface area contributed by atoms with Gasteiger partial charge in [0.25, 0.3) is 0 Å². The first kappa shape index (κ1) is 23.1. The number of nitrogen functional groups attached to an aromatic ring is 1. The summed E-state index contributed by atoms with van der Waals surface area (Å²) in [4.78, 5) is 7.32. The molecule has 8 heteroatoms. The number of fused-ring (bicyclic) bond motifs is 5. The molecular formula is C31H34N8. The molecule has 1 aliphatic heterocycles. The summed E-state index contributed by atoms with van der Waals surface area (Å²) in [5.74, 6) is 2.36. The molecule has 1 saturated heterocycles. The predicted molar refractivity (Wildman–Crippen MR) is 152 cm³/mol. The van der Waals surface area contributed by atoms with Crippen LogP contribution >= 0.6 is 0 Å². The Morgan fingerprint density at radius 1 is 0.846 bits per heavy atom. The maximum atomic E-state index is 6.31. The zero-order valence-corrected chi connectivity index (χ0v) is 22.2. The molecule has 0 spiro atoms. The van der Waals surface area contributed by atoms with E-state index in [1.54, 1.807) is 4.68 Å². The Morgan fingerprint density at radius 3 is 2.59 bits per heavy atom. The molecule has 3 atom stereocenters. The Hall–Kier alpha value is -3.78. The molecule has 0 radical (unpaired) electrons. The van der Waals surface area contributed by atoms with Crippen molar-refractivity contribution in [3.05, 3.63) is 70.8 Å². The van der Waals surface area contributed by atoms with Gasteiger partial charge >= 0.3 is 0 Å². The molecule has 0 bridgehead atoms. The first-order valence-corrected chi connectivity index (χ1v) is 14.5. The van der Waals surface area contributed by atoms with Crippen molar-refractivity contribution >= 4 is 17.6 Å². The van der Waals surface area contributed by atoms with Crippen LogP contribution in [0.5, 0.6) is 0 Å². The van der Waals surface area contributed by atoms with Crippen LogP contribution in [-0.4, -0.2) is 48.5 Å². The zero-order valence-electron chi connectivity index (χ0n) is 22.2. The second-order valence-corrected chi connectivity index (χ2v) is 11.7. The Kier molecular flexibility index (Phi) is 5.43. The first-order valence-electron chi connectivity index (χ1n) is 14.5. The number of benzene rings is 2. The number of nitrogens with zero attached hydrogens (tertiary/aromatic N) is 6. The topological polar surface area (TPSA) is 97.8 Å². The Balaban J connectivity index is 1.01. The Bertz CT molecular complexity index is 1560. The monoisotopic (exact) mass is 518 g/mol. The normalized spacial score (nSPS) is 23.6. The van der Waals surface area contributed by atoms with Crippen LogP contribution in [0, 0.1) is 5.92 Å². The maximum absolute atomic E-state index is 6.31. The second-order valence-electron chi connectivity index (χ2n) is 11.7. The van der Waals surface area contributed by atoms with Crippen LogP contribution in [0.25, 0.3) is 17.1 Å². The summed E-state index contributed by atoms with van der Waals surface area (Å²) in [5, 5.41) is 17.2. The van der Waals surface area contributed by atoms with E-state index in [9.17, 15) is 0 Å². The van der Waals surface area contributed by atoms with E-state index in [0.717, 1.165) is 61.5 Å². The fourth-order valence-electron chi connectivity index (χ4n) is 7.24. The molecule has 0 unspecified atom stereocenters. The highest BCUT2D eigenvalue weighted by Crippen LogP contribution is 2.46. The van der Waals surface area contributed by atoms with Crippen LogP contribution in [0.2, 0.25) is 0 Å². The average Bonchev–Trinajstić information content (AvgIpc) is 3.60. The van der Waals surface area contributed by atoms with Gasteiger partial charge in [0.2, 0.25) is 11.9 Å². The van der Waals surface area contributed by atoms with Gasteiger partial charge in [-0.2, -0.15) is 9.67 Å². The molecular weight excluding hydrogens is 484 g/mol. The van der Waals surface area contributed by atoms with E-state index in [2.05, 4.69) is 79.0 Å². The number of hydrogen-bond acceptors (Lipinski definition) is 7. The minimum Gasteiger partial charge on any atom is -0.368 e. The molecule has 2 fully saturated rings. The lowest BCUT2D eigenvalue weighted by Crippen LogP contribution is -2.35. The maximum Gasteiger partial charge on any atom is 0.248 e. The van der Waals surface area contributed by atoms with E-state index in [1.807, 2.05) is 0 Å². The summed E-state index contributed by atoms with van der Waals surface area (Å²) >= 11 is 0. The first-order chi connectivity index (χ1) is 19.2. The van der Waals surface area contributed by atoms with Gasteiger partial charge in [0, 0.05) is 23.3 Å². The number of aryl methyl sites for hydroxylation is 4. The van der Waals surface area contributed by atoms with Crippen molar-refractivity contribution in [2.24, 2.45) is 5.92 Å². The minimum atomic E-state index is 0.294. The summed E-state index contributed by atoms with van der Waals surface area (Å²) in [6, 6.07) is 18.8. The Morgan fingerprint density at radius 2 is 1.72 bits per heavy atom. The van der Waals surface area contributed by atoms with Crippen LogP contribution in [0.3, 0.4) is 0 Å². The molecule has 1 saturated carbocycles. The lowest BCUT2D eigenvalue weighted by atomic mass is 10.0. The molecule has 3 N–H and O–H groups in total. The van der Waals surface area contributed by atoms with Crippen LogP contribution < -0.4 is 11.1 Å². The number of likely N-dealkylation sites (tertiary alicyclic amines) is 1. The summed E-state index contributed by atoms with van der Waals surface area (Å²) in [7, 11) is 0. The van der Waals surface area contributed by atoms with E-state index >= 15 is 0 Å². The van der Waals surface area contributed by atoms with E-state index in [4.69, 9.17) is 5.73 Å². The van der Waals surface area contributed by atoms with Gasteiger partial charge in [-0.25, -0.2) is 0 Å². The van der Waals surface area contributed by atoms with Crippen LogP contribution in [-0.2, 0) is 25.7 Å².